The second kappa shape index (κ2) is 8.93. The monoisotopic (exact) mass is 398 g/mol. The third kappa shape index (κ3) is 5.55. The van der Waals surface area contributed by atoms with Crippen LogP contribution in [-0.4, -0.2) is 16.7 Å². The minimum Gasteiger partial charge on any atom is -0.443 e. The second-order valence-electron chi connectivity index (χ2n) is 8.85. The third-order valence-electron chi connectivity index (χ3n) is 5.40. The molecule has 3 rings (SSSR count). The van der Waals surface area contributed by atoms with E-state index in [9.17, 15) is 9.18 Å². The number of carbonyl (C=O) groups is 1. The number of ether oxygens (including phenoxy) is 1. The number of nitrogens with zero attached hydrogens (tertiary/aromatic N) is 2. The summed E-state index contributed by atoms with van der Waals surface area (Å²) in [4.78, 5) is 19.2. The maximum Gasteiger partial charge on any atom is 0.415 e. The van der Waals surface area contributed by atoms with E-state index in [0.717, 1.165) is 5.69 Å². The Balaban J connectivity index is 1.86. The largest absolute Gasteiger partial charge is 0.443 e. The van der Waals surface area contributed by atoms with Gasteiger partial charge in [0.2, 0.25) is 0 Å². The van der Waals surface area contributed by atoms with Crippen molar-refractivity contribution in [1.29, 1.82) is 0 Å². The van der Waals surface area contributed by atoms with Gasteiger partial charge in [0.1, 0.15) is 11.4 Å². The van der Waals surface area contributed by atoms with Crippen LogP contribution >= 0.6 is 0 Å². The number of amides is 1. The van der Waals surface area contributed by atoms with Crippen molar-refractivity contribution in [1.82, 2.24) is 4.98 Å². The predicted octanol–water partition coefficient (Wildman–Crippen LogP) is 6.77. The van der Waals surface area contributed by atoms with Gasteiger partial charge in [-0.1, -0.05) is 25.3 Å². The lowest BCUT2D eigenvalue weighted by molar-refractivity contribution is 0.0567. The van der Waals surface area contributed by atoms with Gasteiger partial charge in [0.25, 0.3) is 0 Å². The highest BCUT2D eigenvalue weighted by Gasteiger charge is 2.29. The zero-order valence-electron chi connectivity index (χ0n) is 17.8. The van der Waals surface area contributed by atoms with Crippen LogP contribution in [0.4, 0.5) is 14.9 Å². The van der Waals surface area contributed by atoms with Gasteiger partial charge in [-0.2, -0.15) is 0 Å². The molecule has 1 unspecified atom stereocenters. The summed E-state index contributed by atoms with van der Waals surface area (Å²) < 4.78 is 19.0. The molecule has 0 spiro atoms. The molecular formula is C24H31FN2O2. The number of rotatable bonds is 4. The van der Waals surface area contributed by atoms with Gasteiger partial charge >= 0.3 is 6.09 Å². The molecule has 0 saturated heterocycles. The van der Waals surface area contributed by atoms with E-state index in [1.165, 1.54) is 54.7 Å². The highest BCUT2D eigenvalue weighted by molar-refractivity contribution is 5.88. The van der Waals surface area contributed by atoms with Gasteiger partial charge < -0.3 is 4.74 Å². The fourth-order valence-electron chi connectivity index (χ4n) is 3.87. The highest BCUT2D eigenvalue weighted by atomic mass is 19.1. The molecular weight excluding hydrogens is 367 g/mol. The van der Waals surface area contributed by atoms with Gasteiger partial charge in [-0.3, -0.25) is 9.88 Å². The first-order valence-electron chi connectivity index (χ1n) is 10.5. The summed E-state index contributed by atoms with van der Waals surface area (Å²) in [7, 11) is 0. The Kier molecular flexibility index (Phi) is 6.56. The SMILES string of the molecule is CC(c1ccc(C2CCCCC2)cn1)N(C(=O)OC(C)(C)C)c1ccc(F)cc1. The quantitative estimate of drug-likeness (QED) is 0.570. The van der Waals surface area contributed by atoms with E-state index < -0.39 is 11.7 Å². The van der Waals surface area contributed by atoms with Gasteiger partial charge in [0.05, 0.1) is 11.7 Å². The van der Waals surface area contributed by atoms with Gasteiger partial charge in [0.15, 0.2) is 0 Å². The Hall–Kier alpha value is -2.43. The van der Waals surface area contributed by atoms with Crippen LogP contribution in [0.5, 0.6) is 0 Å². The first kappa shape index (κ1) is 21.3. The van der Waals surface area contributed by atoms with Gasteiger partial charge in [-0.25, -0.2) is 9.18 Å². The summed E-state index contributed by atoms with van der Waals surface area (Å²) in [6.45, 7) is 7.40. The van der Waals surface area contributed by atoms with E-state index in [2.05, 4.69) is 11.1 Å². The van der Waals surface area contributed by atoms with Gasteiger partial charge in [-0.15, -0.1) is 0 Å². The van der Waals surface area contributed by atoms with E-state index >= 15 is 0 Å². The Morgan fingerprint density at radius 1 is 1.10 bits per heavy atom. The molecule has 1 aromatic heterocycles. The topological polar surface area (TPSA) is 42.4 Å². The molecule has 1 aliphatic carbocycles. The fourth-order valence-corrected chi connectivity index (χ4v) is 3.87. The fraction of sp³-hybridized carbons (Fsp3) is 0.500. The molecule has 5 heteroatoms. The standard InChI is InChI=1S/C24H31FN2O2/c1-17(22-15-10-19(16-26-22)18-8-6-5-7-9-18)27(23(28)29-24(2,3)4)21-13-11-20(25)12-14-21/h10-18H,5-9H2,1-4H3. The molecule has 0 radical (unpaired) electrons. The first-order valence-corrected chi connectivity index (χ1v) is 10.5. The number of anilines is 1. The van der Waals surface area contributed by atoms with E-state index in [4.69, 9.17) is 4.74 Å². The molecule has 1 aliphatic rings. The third-order valence-corrected chi connectivity index (χ3v) is 5.40. The number of benzene rings is 1. The smallest absolute Gasteiger partial charge is 0.415 e. The lowest BCUT2D eigenvalue weighted by Crippen LogP contribution is -2.38. The van der Waals surface area contributed by atoms with Gasteiger partial charge in [-0.05, 0) is 82.3 Å². The number of halogens is 1. The van der Waals surface area contributed by atoms with Crippen LogP contribution in [0.1, 0.15) is 83.0 Å². The molecule has 0 aliphatic heterocycles. The summed E-state index contributed by atoms with van der Waals surface area (Å²) in [5.41, 5.74) is 1.99. The van der Waals surface area contributed by atoms with Crippen molar-refractivity contribution < 1.29 is 13.9 Å². The average molecular weight is 399 g/mol. The number of pyridine rings is 1. The number of hydrogen-bond acceptors (Lipinski definition) is 3. The molecule has 1 atom stereocenters. The van der Waals surface area contributed by atoms with Crippen molar-refractivity contribution in [3.63, 3.8) is 0 Å². The molecule has 0 N–H and O–H groups in total. The number of aromatic nitrogens is 1. The summed E-state index contributed by atoms with van der Waals surface area (Å²) in [6.07, 6.45) is 7.78. The van der Waals surface area contributed by atoms with E-state index in [1.807, 2.05) is 40.0 Å². The zero-order chi connectivity index (χ0) is 21.0. The van der Waals surface area contributed by atoms with Crippen molar-refractivity contribution in [2.24, 2.45) is 0 Å². The van der Waals surface area contributed by atoms with Crippen molar-refractivity contribution in [2.45, 2.75) is 77.4 Å². The summed E-state index contributed by atoms with van der Waals surface area (Å²) >= 11 is 0. The molecule has 4 nitrogen and oxygen atoms in total. The van der Waals surface area contributed by atoms with Crippen molar-refractivity contribution >= 4 is 11.8 Å². The molecule has 0 bridgehead atoms. The Labute approximate surface area is 173 Å². The van der Waals surface area contributed by atoms with Crippen LogP contribution in [0.3, 0.4) is 0 Å². The lowest BCUT2D eigenvalue weighted by Gasteiger charge is -2.31. The molecule has 1 fully saturated rings. The normalized spacial score (nSPS) is 16.3. The molecule has 1 heterocycles. The summed E-state index contributed by atoms with van der Waals surface area (Å²) in [5, 5.41) is 0. The zero-order valence-corrected chi connectivity index (χ0v) is 17.8. The Bertz CT molecular complexity index is 806. The number of carbonyl (C=O) groups excluding carboxylic acids is 1. The van der Waals surface area contributed by atoms with E-state index in [1.54, 1.807) is 12.1 Å². The van der Waals surface area contributed by atoms with Crippen molar-refractivity contribution in [3.8, 4) is 0 Å². The maximum atomic E-state index is 13.4. The first-order chi connectivity index (χ1) is 13.7. The minimum atomic E-state index is -0.632. The van der Waals surface area contributed by atoms with Crippen LogP contribution in [0.25, 0.3) is 0 Å². The summed E-state index contributed by atoms with van der Waals surface area (Å²) in [6, 6.07) is 9.65. The van der Waals surface area contributed by atoms with Crippen molar-refractivity contribution in [3.05, 3.63) is 59.7 Å². The van der Waals surface area contributed by atoms with E-state index in [-0.39, 0.29) is 11.9 Å². The molecule has 29 heavy (non-hydrogen) atoms. The van der Waals surface area contributed by atoms with Crippen LogP contribution < -0.4 is 4.90 Å². The minimum absolute atomic E-state index is 0.347. The highest BCUT2D eigenvalue weighted by Crippen LogP contribution is 2.33. The molecule has 1 amide bonds. The average Bonchev–Trinajstić information content (AvgIpc) is 2.69. The molecule has 2 aromatic rings. The van der Waals surface area contributed by atoms with Crippen LogP contribution in [0.15, 0.2) is 42.6 Å². The summed E-state index contributed by atoms with van der Waals surface area (Å²) in [5.74, 6) is 0.236. The Morgan fingerprint density at radius 3 is 2.31 bits per heavy atom. The van der Waals surface area contributed by atoms with Gasteiger partial charge in [0, 0.05) is 11.9 Å². The lowest BCUT2D eigenvalue weighted by atomic mass is 9.85. The molecule has 156 valence electrons. The van der Waals surface area contributed by atoms with Crippen molar-refractivity contribution in [2.75, 3.05) is 4.90 Å². The van der Waals surface area contributed by atoms with Crippen LogP contribution in [0.2, 0.25) is 0 Å². The molecule has 1 aromatic carbocycles. The predicted molar refractivity (Wildman–Crippen MR) is 114 cm³/mol. The number of hydrogen-bond donors (Lipinski definition) is 0. The Morgan fingerprint density at radius 2 is 1.76 bits per heavy atom. The maximum absolute atomic E-state index is 13.4. The molecule has 1 saturated carbocycles. The van der Waals surface area contributed by atoms with Crippen LogP contribution in [-0.2, 0) is 4.74 Å². The second-order valence-corrected chi connectivity index (χ2v) is 8.85. The van der Waals surface area contributed by atoms with E-state index in [0.29, 0.717) is 11.6 Å². The van der Waals surface area contributed by atoms with Crippen LogP contribution in [0, 0.1) is 5.82 Å².